The summed E-state index contributed by atoms with van der Waals surface area (Å²) in [6.07, 6.45) is 0.836. The van der Waals surface area contributed by atoms with Gasteiger partial charge in [0, 0.05) is 32.1 Å². The number of ketones is 1. The number of aliphatic carboxylic acids is 1. The zero-order chi connectivity index (χ0) is 20.2. The Balaban J connectivity index is 3.42. The molecule has 0 aliphatic carbocycles. The Morgan fingerprint density at radius 1 is 0.815 bits per heavy atom. The van der Waals surface area contributed by atoms with Crippen molar-refractivity contribution >= 4 is 17.7 Å². The number of rotatable bonds is 17. The number of hydrogen-bond acceptors (Lipinski definition) is 7. The number of carbonyl (C=O) groups excluding carboxylic acids is 2. The number of carboxylic acids is 1. The van der Waals surface area contributed by atoms with Gasteiger partial charge in [0.15, 0.2) is 0 Å². The van der Waals surface area contributed by atoms with Crippen LogP contribution in [0.25, 0.3) is 0 Å². The first-order valence-corrected chi connectivity index (χ1v) is 8.91. The van der Waals surface area contributed by atoms with Crippen LogP contribution in [0.3, 0.4) is 0 Å². The molecule has 0 bridgehead atoms. The monoisotopic (exact) mass is 387 g/mol. The van der Waals surface area contributed by atoms with Gasteiger partial charge in [-0.05, 0) is 19.3 Å². The molecule has 0 unspecified atom stereocenters. The molecule has 0 aromatic rings. The van der Waals surface area contributed by atoms with E-state index in [1.807, 2.05) is 6.92 Å². The van der Waals surface area contributed by atoms with Crippen molar-refractivity contribution in [1.29, 1.82) is 0 Å². The third-order valence-electron chi connectivity index (χ3n) is 2.95. The highest BCUT2D eigenvalue weighted by Crippen LogP contribution is 1.91. The number of Topliss-reactive ketones (excluding diaryl/α,β-unsaturated/α-hetero) is 1. The Bertz CT molecular complexity index is 483. The average Bonchev–Trinajstić information content (AvgIpc) is 2.64. The minimum Gasteiger partial charge on any atom is -0.481 e. The van der Waals surface area contributed by atoms with Crippen molar-refractivity contribution in [2.75, 3.05) is 59.4 Å². The van der Waals surface area contributed by atoms with Crippen molar-refractivity contribution in [1.82, 2.24) is 5.32 Å². The van der Waals surface area contributed by atoms with Crippen LogP contribution in [0, 0.1) is 11.8 Å². The first kappa shape index (κ1) is 25.0. The summed E-state index contributed by atoms with van der Waals surface area (Å²) < 4.78 is 20.6. The van der Waals surface area contributed by atoms with Crippen LogP contribution in [-0.2, 0) is 33.3 Å². The third kappa shape index (κ3) is 20.2. The maximum atomic E-state index is 11.4. The standard InChI is InChI=1S/C18H29NO8/c1-2-24-9-3-4-16(20)5-6-17(21)19-8-11-26-13-15-27-14-12-25-10-7-18(22)23/h2-4,7-15H2,1H3,(H,19,21)(H,22,23). The van der Waals surface area contributed by atoms with Crippen molar-refractivity contribution in [3.8, 4) is 11.8 Å². The molecule has 0 spiro atoms. The second-order valence-corrected chi connectivity index (χ2v) is 5.21. The van der Waals surface area contributed by atoms with Gasteiger partial charge in [-0.2, -0.15) is 0 Å². The largest absolute Gasteiger partial charge is 0.481 e. The van der Waals surface area contributed by atoms with Crippen molar-refractivity contribution in [2.45, 2.75) is 26.2 Å². The fourth-order valence-corrected chi connectivity index (χ4v) is 1.65. The predicted octanol–water partition coefficient (Wildman–Crippen LogP) is 0.0163. The molecular formula is C18H29NO8. The van der Waals surface area contributed by atoms with Gasteiger partial charge in [-0.3, -0.25) is 14.4 Å². The zero-order valence-corrected chi connectivity index (χ0v) is 15.8. The molecule has 27 heavy (non-hydrogen) atoms. The fraction of sp³-hybridized carbons (Fsp3) is 0.722. The van der Waals surface area contributed by atoms with Gasteiger partial charge in [0.2, 0.25) is 5.78 Å². The summed E-state index contributed by atoms with van der Waals surface area (Å²) in [6, 6.07) is 0. The van der Waals surface area contributed by atoms with E-state index in [9.17, 15) is 14.4 Å². The Morgan fingerprint density at radius 3 is 2.07 bits per heavy atom. The zero-order valence-electron chi connectivity index (χ0n) is 15.8. The molecule has 0 rings (SSSR count). The van der Waals surface area contributed by atoms with E-state index in [0.29, 0.717) is 52.7 Å². The van der Waals surface area contributed by atoms with E-state index in [0.717, 1.165) is 0 Å². The summed E-state index contributed by atoms with van der Waals surface area (Å²) in [6.45, 7) is 5.15. The first-order valence-electron chi connectivity index (χ1n) is 8.91. The van der Waals surface area contributed by atoms with E-state index in [-0.39, 0.29) is 31.8 Å². The van der Waals surface area contributed by atoms with Gasteiger partial charge in [-0.25, -0.2) is 0 Å². The van der Waals surface area contributed by atoms with Crippen LogP contribution in [0.5, 0.6) is 0 Å². The van der Waals surface area contributed by atoms with Crippen LogP contribution < -0.4 is 5.32 Å². The maximum Gasteiger partial charge on any atom is 0.305 e. The number of carboxylic acid groups (broad SMARTS) is 1. The van der Waals surface area contributed by atoms with Gasteiger partial charge in [0.25, 0.3) is 5.91 Å². The molecule has 0 aliphatic heterocycles. The van der Waals surface area contributed by atoms with E-state index in [1.165, 1.54) is 0 Å². The highest BCUT2D eigenvalue weighted by Gasteiger charge is 1.99. The van der Waals surface area contributed by atoms with Crippen LogP contribution in [-0.4, -0.2) is 82.2 Å². The molecule has 0 aliphatic rings. The Kier molecular flexibility index (Phi) is 17.4. The minimum atomic E-state index is -0.897. The van der Waals surface area contributed by atoms with Crippen LogP contribution in [0.15, 0.2) is 0 Å². The topological polar surface area (TPSA) is 120 Å². The molecule has 0 atom stereocenters. The number of hydrogen-bond donors (Lipinski definition) is 2. The number of carbonyl (C=O) groups is 3. The molecule has 0 aromatic heterocycles. The molecule has 0 saturated heterocycles. The van der Waals surface area contributed by atoms with Crippen molar-refractivity contribution in [3.63, 3.8) is 0 Å². The summed E-state index contributed by atoms with van der Waals surface area (Å²) in [5.41, 5.74) is 0. The highest BCUT2D eigenvalue weighted by molar-refractivity contribution is 6.03. The van der Waals surface area contributed by atoms with Crippen LogP contribution in [0.1, 0.15) is 26.2 Å². The molecular weight excluding hydrogens is 358 g/mol. The second kappa shape index (κ2) is 18.8. The quantitative estimate of drug-likeness (QED) is 0.204. The van der Waals surface area contributed by atoms with Gasteiger partial charge in [-0.1, -0.05) is 0 Å². The van der Waals surface area contributed by atoms with Crippen molar-refractivity contribution < 1.29 is 38.4 Å². The van der Waals surface area contributed by atoms with Crippen LogP contribution >= 0.6 is 0 Å². The summed E-state index contributed by atoms with van der Waals surface area (Å²) in [5.74, 6) is 2.83. The number of nitrogens with one attached hydrogen (secondary N) is 1. The summed E-state index contributed by atoms with van der Waals surface area (Å²) in [5, 5.41) is 10.9. The smallest absolute Gasteiger partial charge is 0.305 e. The van der Waals surface area contributed by atoms with Gasteiger partial charge in [-0.15, -0.1) is 0 Å². The molecule has 9 heteroatoms. The van der Waals surface area contributed by atoms with Gasteiger partial charge in [0.05, 0.1) is 46.1 Å². The molecule has 0 saturated carbocycles. The van der Waals surface area contributed by atoms with Gasteiger partial charge >= 0.3 is 5.97 Å². The van der Waals surface area contributed by atoms with Gasteiger partial charge in [0.1, 0.15) is 0 Å². The average molecular weight is 387 g/mol. The molecule has 1 amide bonds. The third-order valence-corrected chi connectivity index (χ3v) is 2.95. The van der Waals surface area contributed by atoms with E-state index < -0.39 is 11.9 Å². The van der Waals surface area contributed by atoms with Crippen LogP contribution in [0.2, 0.25) is 0 Å². The van der Waals surface area contributed by atoms with E-state index >= 15 is 0 Å². The fourth-order valence-electron chi connectivity index (χ4n) is 1.65. The Labute approximate surface area is 159 Å². The SMILES string of the molecule is CCOCCCC(=O)C#CC(=O)NCCOCCOCCOCCC(=O)O. The van der Waals surface area contributed by atoms with E-state index in [2.05, 4.69) is 17.2 Å². The summed E-state index contributed by atoms with van der Waals surface area (Å²) >= 11 is 0. The normalized spacial score (nSPS) is 10.1. The lowest BCUT2D eigenvalue weighted by molar-refractivity contribution is -0.138. The molecule has 0 heterocycles. The van der Waals surface area contributed by atoms with E-state index in [4.69, 9.17) is 24.1 Å². The predicted molar refractivity (Wildman–Crippen MR) is 96.2 cm³/mol. The molecule has 0 aromatic carbocycles. The lowest BCUT2D eigenvalue weighted by Crippen LogP contribution is -2.26. The molecule has 9 nitrogen and oxygen atoms in total. The lowest BCUT2D eigenvalue weighted by Gasteiger charge is -2.06. The Morgan fingerprint density at radius 2 is 1.44 bits per heavy atom. The molecule has 2 N–H and O–H groups in total. The van der Waals surface area contributed by atoms with Crippen molar-refractivity contribution in [3.05, 3.63) is 0 Å². The summed E-state index contributed by atoms with van der Waals surface area (Å²) in [4.78, 5) is 33.1. The molecule has 0 radical (unpaired) electrons. The summed E-state index contributed by atoms with van der Waals surface area (Å²) in [7, 11) is 0. The van der Waals surface area contributed by atoms with Crippen molar-refractivity contribution in [2.24, 2.45) is 0 Å². The lowest BCUT2D eigenvalue weighted by atomic mass is 10.2. The molecule has 0 fully saturated rings. The highest BCUT2D eigenvalue weighted by atomic mass is 16.5. The second-order valence-electron chi connectivity index (χ2n) is 5.21. The molecule has 154 valence electrons. The Hall–Kier alpha value is -1.99. The maximum absolute atomic E-state index is 11.4. The minimum absolute atomic E-state index is 0.0265. The number of amides is 1. The van der Waals surface area contributed by atoms with Gasteiger partial charge < -0.3 is 29.4 Å². The van der Waals surface area contributed by atoms with Crippen LogP contribution in [0.4, 0.5) is 0 Å². The first-order chi connectivity index (χ1) is 13.1. The number of ether oxygens (including phenoxy) is 4. The van der Waals surface area contributed by atoms with E-state index in [1.54, 1.807) is 0 Å².